The Balaban J connectivity index is 2.15. The monoisotopic (exact) mass is 232 g/mol. The molecule has 94 valence electrons. The molecule has 1 saturated heterocycles. The van der Waals surface area contributed by atoms with Gasteiger partial charge in [-0.05, 0) is 36.8 Å². The Morgan fingerprint density at radius 2 is 1.76 bits per heavy atom. The second kappa shape index (κ2) is 5.19. The van der Waals surface area contributed by atoms with Crippen molar-refractivity contribution >= 4 is 0 Å². The van der Waals surface area contributed by atoms with E-state index in [0.29, 0.717) is 5.41 Å². The van der Waals surface area contributed by atoms with E-state index >= 15 is 0 Å². The molecular weight excluding hydrogens is 208 g/mol. The molecule has 2 rings (SSSR count). The van der Waals surface area contributed by atoms with Crippen molar-refractivity contribution in [2.75, 3.05) is 26.2 Å². The van der Waals surface area contributed by atoms with Crippen molar-refractivity contribution in [1.82, 2.24) is 10.6 Å². The molecule has 2 heteroatoms. The van der Waals surface area contributed by atoms with E-state index in [1.54, 1.807) is 0 Å². The first-order valence-corrected chi connectivity index (χ1v) is 6.57. The lowest BCUT2D eigenvalue weighted by atomic mass is 9.82. The molecule has 0 radical (unpaired) electrons. The fraction of sp³-hybridized carbons (Fsp3) is 0.600. The summed E-state index contributed by atoms with van der Waals surface area (Å²) in [5.41, 5.74) is 4.61. The summed E-state index contributed by atoms with van der Waals surface area (Å²) in [5.74, 6) is 0. The molecule has 0 atom stereocenters. The van der Waals surface area contributed by atoms with E-state index < -0.39 is 0 Å². The van der Waals surface area contributed by atoms with Crippen molar-refractivity contribution in [2.24, 2.45) is 5.41 Å². The van der Waals surface area contributed by atoms with Crippen molar-refractivity contribution in [3.63, 3.8) is 0 Å². The Kier molecular flexibility index (Phi) is 3.85. The molecule has 0 amide bonds. The highest BCUT2D eigenvalue weighted by atomic mass is 15.0. The van der Waals surface area contributed by atoms with Gasteiger partial charge in [-0.3, -0.25) is 0 Å². The van der Waals surface area contributed by atoms with Crippen LogP contribution in [0.3, 0.4) is 0 Å². The number of nitrogens with one attached hydrogen (secondary N) is 2. The Labute approximate surface area is 105 Å². The van der Waals surface area contributed by atoms with Crippen LogP contribution >= 0.6 is 0 Å². The molecule has 0 aromatic heterocycles. The lowest BCUT2D eigenvalue weighted by Crippen LogP contribution is -2.37. The third-order valence-corrected chi connectivity index (χ3v) is 3.70. The summed E-state index contributed by atoms with van der Waals surface area (Å²) in [5, 5.41) is 7.06. The molecule has 1 aliphatic heterocycles. The molecule has 1 aromatic rings. The molecule has 0 aliphatic carbocycles. The van der Waals surface area contributed by atoms with Crippen LogP contribution in [0, 0.1) is 19.3 Å². The summed E-state index contributed by atoms with van der Waals surface area (Å²) >= 11 is 0. The van der Waals surface area contributed by atoms with E-state index in [4.69, 9.17) is 0 Å². The van der Waals surface area contributed by atoms with Gasteiger partial charge in [-0.2, -0.15) is 0 Å². The van der Waals surface area contributed by atoms with E-state index in [-0.39, 0.29) is 0 Å². The molecule has 1 heterocycles. The number of hydrogen-bond donors (Lipinski definition) is 2. The van der Waals surface area contributed by atoms with Gasteiger partial charge in [0, 0.05) is 26.2 Å². The van der Waals surface area contributed by atoms with Gasteiger partial charge in [-0.25, -0.2) is 0 Å². The molecule has 0 unspecified atom stereocenters. The van der Waals surface area contributed by atoms with Gasteiger partial charge in [0.1, 0.15) is 0 Å². The molecule has 17 heavy (non-hydrogen) atoms. The maximum atomic E-state index is 3.53. The summed E-state index contributed by atoms with van der Waals surface area (Å²) in [7, 11) is 0. The van der Waals surface area contributed by atoms with Crippen LogP contribution in [-0.4, -0.2) is 26.2 Å². The minimum absolute atomic E-state index is 0.328. The van der Waals surface area contributed by atoms with E-state index in [1.807, 2.05) is 0 Å². The SMILES string of the molecule is Cc1ccc(C)c(CC2(C)CNCCNC2)c1. The summed E-state index contributed by atoms with van der Waals surface area (Å²) in [6, 6.07) is 6.78. The average Bonchev–Trinajstić information content (AvgIpc) is 2.49. The van der Waals surface area contributed by atoms with E-state index in [9.17, 15) is 0 Å². The van der Waals surface area contributed by atoms with Crippen LogP contribution in [0.5, 0.6) is 0 Å². The van der Waals surface area contributed by atoms with E-state index in [2.05, 4.69) is 49.6 Å². The van der Waals surface area contributed by atoms with Crippen molar-refractivity contribution in [1.29, 1.82) is 0 Å². The molecule has 0 spiro atoms. The lowest BCUT2D eigenvalue weighted by molar-refractivity contribution is 0.314. The lowest BCUT2D eigenvalue weighted by Gasteiger charge is -2.29. The van der Waals surface area contributed by atoms with Crippen molar-refractivity contribution in [2.45, 2.75) is 27.2 Å². The first-order valence-electron chi connectivity index (χ1n) is 6.57. The topological polar surface area (TPSA) is 24.1 Å². The summed E-state index contributed by atoms with van der Waals surface area (Å²) in [6.07, 6.45) is 1.15. The average molecular weight is 232 g/mol. The largest absolute Gasteiger partial charge is 0.315 e. The van der Waals surface area contributed by atoms with Crippen LogP contribution in [0.1, 0.15) is 23.6 Å². The predicted molar refractivity (Wildman–Crippen MR) is 73.5 cm³/mol. The van der Waals surface area contributed by atoms with Crippen LogP contribution in [0.15, 0.2) is 18.2 Å². The summed E-state index contributed by atoms with van der Waals surface area (Å²) in [4.78, 5) is 0. The third-order valence-electron chi connectivity index (χ3n) is 3.70. The van der Waals surface area contributed by atoms with Crippen LogP contribution in [-0.2, 0) is 6.42 Å². The normalized spacial score (nSPS) is 19.9. The summed E-state index contributed by atoms with van der Waals surface area (Å²) in [6.45, 7) is 11.1. The van der Waals surface area contributed by atoms with Gasteiger partial charge in [0.25, 0.3) is 0 Å². The highest BCUT2D eigenvalue weighted by molar-refractivity contribution is 5.31. The summed E-state index contributed by atoms with van der Waals surface area (Å²) < 4.78 is 0. The van der Waals surface area contributed by atoms with Gasteiger partial charge >= 0.3 is 0 Å². The Hall–Kier alpha value is -0.860. The molecule has 2 N–H and O–H groups in total. The van der Waals surface area contributed by atoms with Gasteiger partial charge in [-0.15, -0.1) is 0 Å². The maximum Gasteiger partial charge on any atom is 0.00769 e. The van der Waals surface area contributed by atoms with Gasteiger partial charge in [0.05, 0.1) is 0 Å². The van der Waals surface area contributed by atoms with Crippen LogP contribution in [0.4, 0.5) is 0 Å². The molecule has 1 aromatic carbocycles. The Bertz CT molecular complexity index is 377. The second-order valence-electron chi connectivity index (χ2n) is 5.77. The van der Waals surface area contributed by atoms with E-state index in [0.717, 1.165) is 32.6 Å². The number of hydrogen-bond acceptors (Lipinski definition) is 2. The smallest absolute Gasteiger partial charge is 0.00769 e. The molecule has 2 nitrogen and oxygen atoms in total. The zero-order chi connectivity index (χ0) is 12.3. The van der Waals surface area contributed by atoms with Gasteiger partial charge in [0.2, 0.25) is 0 Å². The highest BCUT2D eigenvalue weighted by Gasteiger charge is 2.26. The third kappa shape index (κ3) is 3.30. The quantitative estimate of drug-likeness (QED) is 0.815. The Morgan fingerprint density at radius 3 is 2.41 bits per heavy atom. The molecule has 0 saturated carbocycles. The molecular formula is C15H24N2. The van der Waals surface area contributed by atoms with E-state index in [1.165, 1.54) is 16.7 Å². The first kappa shape index (κ1) is 12.6. The van der Waals surface area contributed by atoms with Gasteiger partial charge in [-0.1, -0.05) is 30.7 Å². The molecule has 1 aliphatic rings. The van der Waals surface area contributed by atoms with Crippen LogP contribution < -0.4 is 10.6 Å². The number of aryl methyl sites for hydroxylation is 2. The Morgan fingerprint density at radius 1 is 1.12 bits per heavy atom. The highest BCUT2D eigenvalue weighted by Crippen LogP contribution is 2.24. The van der Waals surface area contributed by atoms with Crippen molar-refractivity contribution < 1.29 is 0 Å². The first-order chi connectivity index (χ1) is 8.09. The number of rotatable bonds is 2. The van der Waals surface area contributed by atoms with Crippen LogP contribution in [0.2, 0.25) is 0 Å². The van der Waals surface area contributed by atoms with Gasteiger partial charge in [0.15, 0.2) is 0 Å². The minimum atomic E-state index is 0.328. The molecule has 0 bridgehead atoms. The number of benzene rings is 1. The maximum absolute atomic E-state index is 3.53. The zero-order valence-corrected chi connectivity index (χ0v) is 11.3. The van der Waals surface area contributed by atoms with Gasteiger partial charge < -0.3 is 10.6 Å². The standard InChI is InChI=1S/C15H24N2/c1-12-4-5-13(2)14(8-12)9-15(3)10-16-6-7-17-11-15/h4-5,8,16-17H,6-7,9-11H2,1-3H3. The second-order valence-corrected chi connectivity index (χ2v) is 5.77. The molecule has 1 fully saturated rings. The fourth-order valence-corrected chi connectivity index (χ4v) is 2.60. The zero-order valence-electron chi connectivity index (χ0n) is 11.3. The predicted octanol–water partition coefficient (Wildman–Crippen LogP) is 2.05. The fourth-order valence-electron chi connectivity index (χ4n) is 2.60. The van der Waals surface area contributed by atoms with Crippen molar-refractivity contribution in [3.05, 3.63) is 34.9 Å². The van der Waals surface area contributed by atoms with Crippen molar-refractivity contribution in [3.8, 4) is 0 Å². The van der Waals surface area contributed by atoms with Crippen LogP contribution in [0.25, 0.3) is 0 Å². The minimum Gasteiger partial charge on any atom is -0.315 e.